The summed E-state index contributed by atoms with van der Waals surface area (Å²) in [4.78, 5) is 21.9. The number of carbonyl (C=O) groups excluding carboxylic acids is 1. The largest absolute Gasteiger partial charge is 0.502 e. The first-order valence-corrected chi connectivity index (χ1v) is 8.60. The average molecular weight is 387 g/mol. The molecule has 0 aliphatic carbocycles. The number of aliphatic hydroxyl groups is 1. The minimum atomic E-state index is -0.801. The fourth-order valence-corrected chi connectivity index (χ4v) is 2.39. The third-order valence-corrected chi connectivity index (χ3v) is 3.82. The van der Waals surface area contributed by atoms with Crippen LogP contribution in [0.25, 0.3) is 0 Å². The summed E-state index contributed by atoms with van der Waals surface area (Å²) in [6, 6.07) is 10.7. The molecule has 28 heavy (non-hydrogen) atoms. The number of rotatable bonds is 9. The summed E-state index contributed by atoms with van der Waals surface area (Å²) in [5, 5.41) is 34.0. The van der Waals surface area contributed by atoms with E-state index in [1.165, 1.54) is 18.3 Å². The SMILES string of the molecule is CCOc1ccc(C(O)CCC(=O)N/N=C/c2ccc(O)c([N+](=O)[O-])c2)cc1. The molecule has 2 rings (SSSR count). The number of hydrogen-bond acceptors (Lipinski definition) is 7. The van der Waals surface area contributed by atoms with Gasteiger partial charge in [-0.3, -0.25) is 14.9 Å². The van der Waals surface area contributed by atoms with Crippen LogP contribution in [0.2, 0.25) is 0 Å². The Morgan fingerprint density at radius 1 is 1.32 bits per heavy atom. The van der Waals surface area contributed by atoms with E-state index < -0.39 is 28.4 Å². The van der Waals surface area contributed by atoms with E-state index >= 15 is 0 Å². The van der Waals surface area contributed by atoms with Gasteiger partial charge in [-0.05, 0) is 43.2 Å². The number of aliphatic hydroxyl groups excluding tert-OH is 1. The minimum absolute atomic E-state index is 0.0431. The number of amides is 1. The van der Waals surface area contributed by atoms with E-state index in [0.717, 1.165) is 6.07 Å². The molecule has 1 unspecified atom stereocenters. The highest BCUT2D eigenvalue weighted by atomic mass is 16.6. The van der Waals surface area contributed by atoms with Crippen LogP contribution in [-0.2, 0) is 4.79 Å². The number of hydrogen-bond donors (Lipinski definition) is 3. The van der Waals surface area contributed by atoms with Gasteiger partial charge in [0.25, 0.3) is 0 Å². The number of nitro benzene ring substituents is 1. The second kappa shape index (κ2) is 10.0. The highest BCUT2D eigenvalue weighted by Crippen LogP contribution is 2.25. The smallest absolute Gasteiger partial charge is 0.311 e. The summed E-state index contributed by atoms with van der Waals surface area (Å²) in [7, 11) is 0. The van der Waals surface area contributed by atoms with Gasteiger partial charge in [-0.2, -0.15) is 5.10 Å². The van der Waals surface area contributed by atoms with E-state index in [1.54, 1.807) is 24.3 Å². The standard InChI is InChI=1S/C19H21N3O6/c1-2-28-15-6-4-14(5-7-15)17(23)9-10-19(25)21-20-12-13-3-8-18(24)16(11-13)22(26)27/h3-8,11-12,17,23-24H,2,9-10H2,1H3,(H,21,25)/b20-12+. The van der Waals surface area contributed by atoms with Gasteiger partial charge in [0, 0.05) is 18.1 Å². The van der Waals surface area contributed by atoms with Crippen molar-refractivity contribution in [1.29, 1.82) is 0 Å². The fourth-order valence-electron chi connectivity index (χ4n) is 2.39. The van der Waals surface area contributed by atoms with Crippen LogP contribution in [0, 0.1) is 10.1 Å². The molecule has 148 valence electrons. The van der Waals surface area contributed by atoms with E-state index in [4.69, 9.17) is 4.74 Å². The molecule has 0 radical (unpaired) electrons. The summed E-state index contributed by atoms with van der Waals surface area (Å²) < 4.78 is 5.33. The first kappa shape index (κ1) is 20.8. The topological polar surface area (TPSA) is 134 Å². The lowest BCUT2D eigenvalue weighted by molar-refractivity contribution is -0.385. The predicted molar refractivity (Wildman–Crippen MR) is 102 cm³/mol. The van der Waals surface area contributed by atoms with E-state index in [-0.39, 0.29) is 12.8 Å². The Labute approximate surface area is 161 Å². The van der Waals surface area contributed by atoms with Gasteiger partial charge in [-0.1, -0.05) is 12.1 Å². The highest BCUT2D eigenvalue weighted by molar-refractivity contribution is 5.83. The van der Waals surface area contributed by atoms with Crippen molar-refractivity contribution >= 4 is 17.8 Å². The van der Waals surface area contributed by atoms with E-state index in [9.17, 15) is 25.1 Å². The Hall–Kier alpha value is -3.46. The Balaban J connectivity index is 1.83. The molecule has 0 saturated carbocycles. The molecule has 0 aliphatic heterocycles. The quantitative estimate of drug-likeness (QED) is 0.344. The molecule has 9 nitrogen and oxygen atoms in total. The number of nitrogens with zero attached hydrogens (tertiary/aromatic N) is 2. The van der Waals surface area contributed by atoms with Crippen LogP contribution in [0.5, 0.6) is 11.5 Å². The zero-order valence-electron chi connectivity index (χ0n) is 15.2. The number of nitrogens with one attached hydrogen (secondary N) is 1. The number of hydrazone groups is 1. The van der Waals surface area contributed by atoms with Gasteiger partial charge in [0.05, 0.1) is 23.8 Å². The molecular formula is C19H21N3O6. The lowest BCUT2D eigenvalue weighted by Crippen LogP contribution is -2.18. The lowest BCUT2D eigenvalue weighted by atomic mass is 10.0. The maximum absolute atomic E-state index is 11.8. The molecule has 2 aromatic rings. The fraction of sp³-hybridized carbons (Fsp3) is 0.263. The van der Waals surface area contributed by atoms with Crippen LogP contribution in [0.4, 0.5) is 5.69 Å². The van der Waals surface area contributed by atoms with Gasteiger partial charge in [0.1, 0.15) is 5.75 Å². The molecular weight excluding hydrogens is 366 g/mol. The summed E-state index contributed by atoms with van der Waals surface area (Å²) in [6.07, 6.45) is 0.680. The Bertz CT molecular complexity index is 851. The third-order valence-electron chi connectivity index (χ3n) is 3.82. The Kier molecular flexibility index (Phi) is 7.46. The first-order chi connectivity index (χ1) is 13.4. The van der Waals surface area contributed by atoms with Gasteiger partial charge < -0.3 is 14.9 Å². The minimum Gasteiger partial charge on any atom is -0.502 e. The monoisotopic (exact) mass is 387 g/mol. The van der Waals surface area contributed by atoms with Crippen molar-refractivity contribution in [1.82, 2.24) is 5.43 Å². The van der Waals surface area contributed by atoms with Gasteiger partial charge in [0.2, 0.25) is 5.91 Å². The number of ether oxygens (including phenoxy) is 1. The molecule has 3 N–H and O–H groups in total. The number of phenolic OH excluding ortho intramolecular Hbond substituents is 1. The predicted octanol–water partition coefficient (Wildman–Crippen LogP) is 2.66. The molecule has 0 bridgehead atoms. The second-order valence-corrected chi connectivity index (χ2v) is 5.85. The normalized spacial score (nSPS) is 11.9. The van der Waals surface area contributed by atoms with E-state index in [2.05, 4.69) is 10.5 Å². The highest BCUT2D eigenvalue weighted by Gasteiger charge is 2.13. The number of phenols is 1. The van der Waals surface area contributed by atoms with Crippen LogP contribution in [0.3, 0.4) is 0 Å². The van der Waals surface area contributed by atoms with E-state index in [0.29, 0.717) is 23.5 Å². The van der Waals surface area contributed by atoms with Crippen molar-refractivity contribution in [2.75, 3.05) is 6.61 Å². The number of carbonyl (C=O) groups is 1. The van der Waals surface area contributed by atoms with Gasteiger partial charge in [-0.25, -0.2) is 5.43 Å². The van der Waals surface area contributed by atoms with Crippen LogP contribution in [-0.4, -0.2) is 33.9 Å². The van der Waals surface area contributed by atoms with Crippen LogP contribution >= 0.6 is 0 Å². The zero-order chi connectivity index (χ0) is 20.5. The van der Waals surface area contributed by atoms with Crippen LogP contribution in [0.15, 0.2) is 47.6 Å². The zero-order valence-corrected chi connectivity index (χ0v) is 15.2. The van der Waals surface area contributed by atoms with Crippen LogP contribution in [0.1, 0.15) is 37.0 Å². The number of aromatic hydroxyl groups is 1. The molecule has 1 amide bonds. The van der Waals surface area contributed by atoms with Crippen molar-refractivity contribution in [3.63, 3.8) is 0 Å². The molecule has 0 aromatic heterocycles. The van der Waals surface area contributed by atoms with Crippen molar-refractivity contribution in [3.8, 4) is 11.5 Å². The maximum Gasteiger partial charge on any atom is 0.311 e. The van der Waals surface area contributed by atoms with Crippen molar-refractivity contribution in [3.05, 3.63) is 63.7 Å². The van der Waals surface area contributed by atoms with Crippen LogP contribution < -0.4 is 10.2 Å². The lowest BCUT2D eigenvalue weighted by Gasteiger charge is -2.11. The average Bonchev–Trinajstić information content (AvgIpc) is 2.68. The summed E-state index contributed by atoms with van der Waals surface area (Å²) >= 11 is 0. The summed E-state index contributed by atoms with van der Waals surface area (Å²) in [6.45, 7) is 2.44. The second-order valence-electron chi connectivity index (χ2n) is 5.85. The van der Waals surface area contributed by atoms with Crippen molar-refractivity contribution in [2.45, 2.75) is 25.9 Å². The van der Waals surface area contributed by atoms with Gasteiger partial charge >= 0.3 is 5.69 Å². The van der Waals surface area contributed by atoms with Gasteiger partial charge in [0.15, 0.2) is 5.75 Å². The third kappa shape index (κ3) is 6.06. The molecule has 0 spiro atoms. The number of nitro groups is 1. The number of benzene rings is 2. The Morgan fingerprint density at radius 3 is 2.68 bits per heavy atom. The molecule has 0 fully saturated rings. The molecule has 0 heterocycles. The van der Waals surface area contributed by atoms with Gasteiger partial charge in [-0.15, -0.1) is 0 Å². The van der Waals surface area contributed by atoms with Crippen molar-refractivity contribution in [2.24, 2.45) is 5.10 Å². The first-order valence-electron chi connectivity index (χ1n) is 8.60. The summed E-state index contributed by atoms with van der Waals surface area (Å²) in [5.74, 6) is -0.149. The Morgan fingerprint density at radius 2 is 2.04 bits per heavy atom. The molecule has 1 atom stereocenters. The van der Waals surface area contributed by atoms with E-state index in [1.807, 2.05) is 6.92 Å². The summed E-state index contributed by atoms with van der Waals surface area (Å²) in [5.41, 5.74) is 2.87. The molecule has 9 heteroatoms. The van der Waals surface area contributed by atoms with Crippen molar-refractivity contribution < 1.29 is 24.7 Å². The maximum atomic E-state index is 11.8. The molecule has 0 saturated heterocycles. The molecule has 2 aromatic carbocycles. The molecule has 0 aliphatic rings.